The Balaban J connectivity index is 1.43. The maximum atomic E-state index is 11.7. The Morgan fingerprint density at radius 2 is 2.10 bits per heavy atom. The topological polar surface area (TPSA) is 71.8 Å². The van der Waals surface area contributed by atoms with Gasteiger partial charge in [-0.3, -0.25) is 4.79 Å². The first kappa shape index (κ1) is 13.8. The van der Waals surface area contributed by atoms with Crippen molar-refractivity contribution in [3.63, 3.8) is 0 Å². The third-order valence-electron chi connectivity index (χ3n) is 3.52. The van der Waals surface area contributed by atoms with Crippen molar-refractivity contribution in [1.29, 1.82) is 0 Å². The van der Waals surface area contributed by atoms with Crippen LogP contribution in [-0.4, -0.2) is 33.8 Å². The normalized spacial score (nSPS) is 14.1. The minimum Gasteiger partial charge on any atom is -0.351 e. The van der Waals surface area contributed by atoms with E-state index in [9.17, 15) is 4.79 Å². The van der Waals surface area contributed by atoms with Crippen molar-refractivity contribution in [1.82, 2.24) is 25.4 Å². The van der Waals surface area contributed by atoms with Gasteiger partial charge in [-0.05, 0) is 43.0 Å². The smallest absolute Gasteiger partial charge is 0.234 e. The fraction of sp³-hybridized carbons (Fsp3) is 0.400. The molecule has 1 aliphatic carbocycles. The molecule has 110 valence electrons. The minimum atomic E-state index is 0.0380. The van der Waals surface area contributed by atoms with Gasteiger partial charge < -0.3 is 10.6 Å². The molecule has 1 fully saturated rings. The summed E-state index contributed by atoms with van der Waals surface area (Å²) in [5.74, 6) is 0.832. The van der Waals surface area contributed by atoms with E-state index in [0.717, 1.165) is 23.7 Å². The van der Waals surface area contributed by atoms with Crippen LogP contribution in [0.4, 0.5) is 0 Å². The van der Waals surface area contributed by atoms with Gasteiger partial charge in [0.2, 0.25) is 5.91 Å². The Labute approximate surface area is 123 Å². The van der Waals surface area contributed by atoms with Crippen molar-refractivity contribution in [2.75, 3.05) is 13.1 Å². The molecular weight excluding hydrogens is 266 g/mol. The summed E-state index contributed by atoms with van der Waals surface area (Å²) >= 11 is 0. The Morgan fingerprint density at radius 1 is 1.29 bits per heavy atom. The van der Waals surface area contributed by atoms with Crippen molar-refractivity contribution in [3.8, 4) is 5.69 Å². The van der Waals surface area contributed by atoms with Gasteiger partial charge in [-0.25, -0.2) is 9.67 Å². The number of carbonyl (C=O) groups excluding carboxylic acids is 1. The molecular formula is C15H19N5O. The highest BCUT2D eigenvalue weighted by atomic mass is 16.1. The summed E-state index contributed by atoms with van der Waals surface area (Å²) in [5.41, 5.74) is 2.02. The maximum Gasteiger partial charge on any atom is 0.234 e. The van der Waals surface area contributed by atoms with Gasteiger partial charge in [-0.15, -0.1) is 0 Å². The van der Waals surface area contributed by atoms with E-state index >= 15 is 0 Å². The van der Waals surface area contributed by atoms with Crippen molar-refractivity contribution < 1.29 is 4.79 Å². The number of hydrogen-bond donors (Lipinski definition) is 2. The lowest BCUT2D eigenvalue weighted by Crippen LogP contribution is -2.34. The first-order valence-corrected chi connectivity index (χ1v) is 7.22. The lowest BCUT2D eigenvalue weighted by molar-refractivity contribution is -0.120. The van der Waals surface area contributed by atoms with Gasteiger partial charge in [-0.2, -0.15) is 5.10 Å². The molecule has 1 aromatic heterocycles. The van der Waals surface area contributed by atoms with Crippen LogP contribution in [0.3, 0.4) is 0 Å². The maximum absolute atomic E-state index is 11.7. The molecule has 6 heteroatoms. The summed E-state index contributed by atoms with van der Waals surface area (Å²) in [7, 11) is 0. The lowest BCUT2D eigenvalue weighted by Gasteiger charge is -2.07. The van der Waals surface area contributed by atoms with Crippen LogP contribution >= 0.6 is 0 Å². The van der Waals surface area contributed by atoms with E-state index in [4.69, 9.17) is 0 Å². The highest BCUT2D eigenvalue weighted by Crippen LogP contribution is 2.27. The molecule has 0 radical (unpaired) electrons. The van der Waals surface area contributed by atoms with Crippen molar-refractivity contribution in [2.45, 2.75) is 19.4 Å². The molecule has 0 aliphatic heterocycles. The van der Waals surface area contributed by atoms with Gasteiger partial charge in [0.15, 0.2) is 0 Å². The summed E-state index contributed by atoms with van der Waals surface area (Å²) in [6.07, 6.45) is 5.75. The molecule has 0 spiro atoms. The third-order valence-corrected chi connectivity index (χ3v) is 3.52. The second kappa shape index (κ2) is 6.49. The van der Waals surface area contributed by atoms with Crippen molar-refractivity contribution in [3.05, 3.63) is 42.5 Å². The number of aromatic nitrogens is 3. The van der Waals surface area contributed by atoms with Crippen LogP contribution in [0.25, 0.3) is 5.69 Å². The zero-order chi connectivity index (χ0) is 14.5. The standard InChI is InChI=1S/C15H19N5O/c21-15(9-16-7-12-1-2-12)18-8-13-3-5-14(6-4-13)20-11-17-10-19-20/h3-6,10-12,16H,1-2,7-9H2,(H,18,21). The first-order valence-electron chi connectivity index (χ1n) is 7.22. The number of rotatable bonds is 7. The van der Waals surface area contributed by atoms with Crippen LogP contribution in [0.1, 0.15) is 18.4 Å². The van der Waals surface area contributed by atoms with E-state index in [1.54, 1.807) is 11.0 Å². The van der Waals surface area contributed by atoms with E-state index < -0.39 is 0 Å². The molecule has 6 nitrogen and oxygen atoms in total. The Bertz CT molecular complexity index is 575. The summed E-state index contributed by atoms with van der Waals surface area (Å²) in [6, 6.07) is 7.88. The fourth-order valence-electron chi connectivity index (χ4n) is 2.08. The van der Waals surface area contributed by atoms with Gasteiger partial charge in [0, 0.05) is 6.54 Å². The Kier molecular flexibility index (Phi) is 4.25. The van der Waals surface area contributed by atoms with Crippen LogP contribution in [-0.2, 0) is 11.3 Å². The van der Waals surface area contributed by atoms with Gasteiger partial charge in [0.25, 0.3) is 0 Å². The van der Waals surface area contributed by atoms with Crippen LogP contribution in [0.2, 0.25) is 0 Å². The van der Waals surface area contributed by atoms with Gasteiger partial charge in [-0.1, -0.05) is 12.1 Å². The molecule has 1 amide bonds. The van der Waals surface area contributed by atoms with E-state index in [1.165, 1.54) is 19.2 Å². The Morgan fingerprint density at radius 3 is 2.76 bits per heavy atom. The van der Waals surface area contributed by atoms with E-state index in [1.807, 2.05) is 24.3 Å². The average molecular weight is 285 g/mol. The molecule has 1 saturated carbocycles. The first-order chi connectivity index (χ1) is 10.3. The SMILES string of the molecule is O=C(CNCC1CC1)NCc1ccc(-n2cncn2)cc1. The van der Waals surface area contributed by atoms with Crippen LogP contribution in [0, 0.1) is 5.92 Å². The predicted octanol–water partition coefficient (Wildman–Crippen LogP) is 0.883. The summed E-state index contributed by atoms with van der Waals surface area (Å²) in [5, 5.41) is 10.2. The molecule has 0 bridgehead atoms. The fourth-order valence-corrected chi connectivity index (χ4v) is 2.08. The molecule has 3 rings (SSSR count). The highest BCUT2D eigenvalue weighted by molar-refractivity contribution is 5.77. The van der Waals surface area contributed by atoms with E-state index in [-0.39, 0.29) is 5.91 Å². The van der Waals surface area contributed by atoms with Gasteiger partial charge in [0.1, 0.15) is 12.7 Å². The van der Waals surface area contributed by atoms with Crippen LogP contribution in [0.5, 0.6) is 0 Å². The van der Waals surface area contributed by atoms with Gasteiger partial charge >= 0.3 is 0 Å². The zero-order valence-electron chi connectivity index (χ0n) is 11.8. The zero-order valence-corrected chi connectivity index (χ0v) is 11.8. The summed E-state index contributed by atoms with van der Waals surface area (Å²) in [4.78, 5) is 15.6. The molecule has 0 atom stereocenters. The number of nitrogens with one attached hydrogen (secondary N) is 2. The second-order valence-corrected chi connectivity index (χ2v) is 5.36. The average Bonchev–Trinajstić information content (AvgIpc) is 3.16. The quantitative estimate of drug-likeness (QED) is 0.792. The van der Waals surface area contributed by atoms with E-state index in [2.05, 4.69) is 20.7 Å². The molecule has 2 aromatic rings. The van der Waals surface area contributed by atoms with Crippen molar-refractivity contribution in [2.24, 2.45) is 5.92 Å². The number of hydrogen-bond acceptors (Lipinski definition) is 4. The molecule has 0 unspecified atom stereocenters. The molecule has 21 heavy (non-hydrogen) atoms. The van der Waals surface area contributed by atoms with Crippen LogP contribution < -0.4 is 10.6 Å². The number of carbonyl (C=O) groups is 1. The number of nitrogens with zero attached hydrogens (tertiary/aromatic N) is 3. The van der Waals surface area contributed by atoms with Crippen LogP contribution in [0.15, 0.2) is 36.9 Å². The number of benzene rings is 1. The number of amides is 1. The van der Waals surface area contributed by atoms with E-state index in [0.29, 0.717) is 13.1 Å². The molecule has 0 saturated heterocycles. The molecule has 1 aliphatic rings. The molecule has 1 aromatic carbocycles. The summed E-state index contributed by atoms with van der Waals surface area (Å²) in [6.45, 7) is 1.90. The largest absolute Gasteiger partial charge is 0.351 e. The Hall–Kier alpha value is -2.21. The van der Waals surface area contributed by atoms with Crippen molar-refractivity contribution >= 4 is 5.91 Å². The lowest BCUT2D eigenvalue weighted by atomic mass is 10.2. The summed E-state index contributed by atoms with van der Waals surface area (Å²) < 4.78 is 1.70. The predicted molar refractivity (Wildman–Crippen MR) is 78.8 cm³/mol. The third kappa shape index (κ3) is 4.13. The molecule has 2 N–H and O–H groups in total. The second-order valence-electron chi connectivity index (χ2n) is 5.36. The minimum absolute atomic E-state index is 0.0380. The monoisotopic (exact) mass is 285 g/mol. The highest BCUT2D eigenvalue weighted by Gasteiger charge is 2.20. The molecule has 1 heterocycles. The van der Waals surface area contributed by atoms with Gasteiger partial charge in [0.05, 0.1) is 12.2 Å².